The van der Waals surface area contributed by atoms with Crippen molar-refractivity contribution < 1.29 is 0 Å². The Kier molecular flexibility index (Phi) is 1.64. The third kappa shape index (κ3) is 1.41. The van der Waals surface area contributed by atoms with E-state index in [1.807, 2.05) is 6.20 Å². The fourth-order valence-corrected chi connectivity index (χ4v) is 1.61. The van der Waals surface area contributed by atoms with E-state index in [9.17, 15) is 0 Å². The molecule has 0 aromatic carbocycles. The summed E-state index contributed by atoms with van der Waals surface area (Å²) in [5.74, 6) is 0.754. The van der Waals surface area contributed by atoms with Crippen molar-refractivity contribution in [3.63, 3.8) is 0 Å². The Morgan fingerprint density at radius 1 is 1.55 bits per heavy atom. The lowest BCUT2D eigenvalue weighted by molar-refractivity contribution is 0.977. The highest BCUT2D eigenvalue weighted by atomic mass is 32.1. The third-order valence-corrected chi connectivity index (χ3v) is 2.31. The molecule has 0 spiro atoms. The molecule has 11 heavy (non-hydrogen) atoms. The van der Waals surface area contributed by atoms with E-state index < -0.39 is 0 Å². The van der Waals surface area contributed by atoms with E-state index in [-0.39, 0.29) is 0 Å². The summed E-state index contributed by atoms with van der Waals surface area (Å²) in [6, 6.07) is 2.09. The first kappa shape index (κ1) is 7.17. The van der Waals surface area contributed by atoms with Crippen molar-refractivity contribution in [3.05, 3.63) is 23.5 Å². The number of hydrogen-bond acceptors (Lipinski definition) is 2. The number of hydrogen-bond donors (Lipinski definition) is 1. The third-order valence-electron chi connectivity index (χ3n) is 2.07. The lowest BCUT2D eigenvalue weighted by atomic mass is 10.1. The highest BCUT2D eigenvalue weighted by molar-refractivity contribution is 7.80. The van der Waals surface area contributed by atoms with Gasteiger partial charge in [0, 0.05) is 22.7 Å². The van der Waals surface area contributed by atoms with Gasteiger partial charge in [-0.05, 0) is 31.4 Å². The zero-order valence-electron chi connectivity index (χ0n) is 6.54. The molecule has 0 unspecified atom stereocenters. The summed E-state index contributed by atoms with van der Waals surface area (Å²) in [6.07, 6.45) is 4.48. The van der Waals surface area contributed by atoms with Crippen LogP contribution in [0.25, 0.3) is 0 Å². The summed E-state index contributed by atoms with van der Waals surface area (Å²) in [5, 5.41) is 0. The van der Waals surface area contributed by atoms with Crippen LogP contribution in [-0.4, -0.2) is 4.98 Å². The molecular formula is C9H11NS. The standard InChI is InChI=1S/C9H11NS/c1-6-4-8(11)5-10-9(6)7-2-3-7/h4-5,7,11H,2-3H2,1H3. The van der Waals surface area contributed by atoms with Crippen LogP contribution in [-0.2, 0) is 0 Å². The summed E-state index contributed by atoms with van der Waals surface area (Å²) in [7, 11) is 0. The van der Waals surface area contributed by atoms with Crippen LogP contribution in [0.2, 0.25) is 0 Å². The van der Waals surface area contributed by atoms with Crippen LogP contribution < -0.4 is 0 Å². The van der Waals surface area contributed by atoms with Gasteiger partial charge in [0.2, 0.25) is 0 Å². The predicted octanol–water partition coefficient (Wildman–Crippen LogP) is 2.56. The van der Waals surface area contributed by atoms with Gasteiger partial charge >= 0.3 is 0 Å². The highest BCUT2D eigenvalue weighted by Crippen LogP contribution is 2.40. The maximum absolute atomic E-state index is 4.36. The quantitative estimate of drug-likeness (QED) is 0.631. The summed E-state index contributed by atoms with van der Waals surface area (Å²) in [6.45, 7) is 2.11. The first-order valence-electron chi connectivity index (χ1n) is 3.93. The number of aryl methyl sites for hydroxylation is 1. The largest absolute Gasteiger partial charge is 0.260 e. The molecule has 0 N–H and O–H groups in total. The van der Waals surface area contributed by atoms with Crippen molar-refractivity contribution >= 4 is 12.6 Å². The smallest absolute Gasteiger partial charge is 0.0464 e. The minimum Gasteiger partial charge on any atom is -0.260 e. The Morgan fingerprint density at radius 3 is 2.82 bits per heavy atom. The molecule has 58 valence electrons. The molecule has 1 saturated carbocycles. The Labute approximate surface area is 72.3 Å². The summed E-state index contributed by atoms with van der Waals surface area (Å²) in [5.41, 5.74) is 2.57. The fraction of sp³-hybridized carbons (Fsp3) is 0.444. The van der Waals surface area contributed by atoms with Crippen molar-refractivity contribution in [2.75, 3.05) is 0 Å². The minimum atomic E-state index is 0.754. The fourth-order valence-electron chi connectivity index (χ4n) is 1.35. The summed E-state index contributed by atoms with van der Waals surface area (Å²) < 4.78 is 0. The lowest BCUT2D eigenvalue weighted by Gasteiger charge is -2.01. The van der Waals surface area contributed by atoms with Gasteiger partial charge in [0.15, 0.2) is 0 Å². The molecule has 0 bridgehead atoms. The zero-order chi connectivity index (χ0) is 7.84. The molecule has 2 rings (SSSR count). The second-order valence-corrected chi connectivity index (χ2v) is 3.69. The van der Waals surface area contributed by atoms with Gasteiger partial charge in [-0.3, -0.25) is 4.98 Å². The van der Waals surface area contributed by atoms with E-state index >= 15 is 0 Å². The van der Waals surface area contributed by atoms with Crippen molar-refractivity contribution in [2.45, 2.75) is 30.6 Å². The van der Waals surface area contributed by atoms with Crippen LogP contribution >= 0.6 is 12.6 Å². The summed E-state index contributed by atoms with van der Waals surface area (Å²) >= 11 is 4.23. The summed E-state index contributed by atoms with van der Waals surface area (Å²) in [4.78, 5) is 5.33. The molecule has 1 aliphatic carbocycles. The van der Waals surface area contributed by atoms with Crippen molar-refractivity contribution in [1.29, 1.82) is 0 Å². The molecule has 1 aromatic heterocycles. The Bertz CT molecular complexity index is 279. The number of nitrogens with zero attached hydrogens (tertiary/aromatic N) is 1. The van der Waals surface area contributed by atoms with Crippen LogP contribution in [0.5, 0.6) is 0 Å². The molecule has 2 heteroatoms. The van der Waals surface area contributed by atoms with E-state index in [0.29, 0.717) is 0 Å². The first-order chi connectivity index (χ1) is 5.27. The molecule has 1 aromatic rings. The zero-order valence-corrected chi connectivity index (χ0v) is 7.44. The van der Waals surface area contributed by atoms with Gasteiger partial charge in [0.1, 0.15) is 0 Å². The van der Waals surface area contributed by atoms with Crippen LogP contribution in [0.15, 0.2) is 17.2 Å². The average molecular weight is 165 g/mol. The second-order valence-electron chi connectivity index (χ2n) is 3.17. The van der Waals surface area contributed by atoms with E-state index in [0.717, 1.165) is 10.8 Å². The lowest BCUT2D eigenvalue weighted by Crippen LogP contribution is -1.90. The van der Waals surface area contributed by atoms with Crippen LogP contribution in [0, 0.1) is 6.92 Å². The first-order valence-corrected chi connectivity index (χ1v) is 4.37. The molecule has 0 amide bonds. The maximum atomic E-state index is 4.36. The molecule has 0 radical (unpaired) electrons. The molecule has 0 saturated heterocycles. The van der Waals surface area contributed by atoms with Crippen LogP contribution in [0.3, 0.4) is 0 Å². The van der Waals surface area contributed by atoms with Gasteiger partial charge in [-0.25, -0.2) is 0 Å². The van der Waals surface area contributed by atoms with Crippen LogP contribution in [0.1, 0.15) is 30.0 Å². The monoisotopic (exact) mass is 165 g/mol. The predicted molar refractivity (Wildman–Crippen MR) is 48.2 cm³/mol. The van der Waals surface area contributed by atoms with Crippen molar-refractivity contribution in [1.82, 2.24) is 4.98 Å². The van der Waals surface area contributed by atoms with Gasteiger partial charge in [-0.15, -0.1) is 12.6 Å². The van der Waals surface area contributed by atoms with Gasteiger partial charge in [-0.1, -0.05) is 0 Å². The van der Waals surface area contributed by atoms with Crippen LogP contribution in [0.4, 0.5) is 0 Å². The second kappa shape index (κ2) is 2.52. The molecule has 1 fully saturated rings. The number of rotatable bonds is 1. The molecule has 1 aliphatic rings. The SMILES string of the molecule is Cc1cc(S)cnc1C1CC1. The number of pyridine rings is 1. The van der Waals surface area contributed by atoms with E-state index in [1.165, 1.54) is 24.1 Å². The highest BCUT2D eigenvalue weighted by Gasteiger charge is 2.26. The van der Waals surface area contributed by atoms with Gasteiger partial charge < -0.3 is 0 Å². The minimum absolute atomic E-state index is 0.754. The average Bonchev–Trinajstić information content (AvgIpc) is 2.70. The van der Waals surface area contributed by atoms with E-state index in [4.69, 9.17) is 0 Å². The number of aromatic nitrogens is 1. The Hall–Kier alpha value is -0.500. The van der Waals surface area contributed by atoms with Gasteiger partial charge in [0.05, 0.1) is 0 Å². The molecular weight excluding hydrogens is 154 g/mol. The van der Waals surface area contributed by atoms with Gasteiger partial charge in [0.25, 0.3) is 0 Å². The van der Waals surface area contributed by atoms with E-state index in [2.05, 4.69) is 30.6 Å². The van der Waals surface area contributed by atoms with Crippen molar-refractivity contribution in [2.24, 2.45) is 0 Å². The van der Waals surface area contributed by atoms with Gasteiger partial charge in [-0.2, -0.15) is 0 Å². The maximum Gasteiger partial charge on any atom is 0.0464 e. The molecule has 0 aliphatic heterocycles. The molecule has 0 atom stereocenters. The number of thiol groups is 1. The topological polar surface area (TPSA) is 12.9 Å². The van der Waals surface area contributed by atoms with E-state index in [1.54, 1.807) is 0 Å². The van der Waals surface area contributed by atoms with Crippen molar-refractivity contribution in [3.8, 4) is 0 Å². The Balaban J connectivity index is 2.39. The molecule has 1 nitrogen and oxygen atoms in total. The Morgan fingerprint density at radius 2 is 2.27 bits per heavy atom. The normalized spacial score (nSPS) is 16.9. The molecule has 1 heterocycles.